The lowest BCUT2D eigenvalue weighted by molar-refractivity contribution is -0.161. The molecule has 85 heavy (non-hydrogen) atoms. The summed E-state index contributed by atoms with van der Waals surface area (Å²) in [6, 6.07) is 0. The first-order valence-corrected chi connectivity index (χ1v) is 37.6. The fraction of sp³-hybridized carbons (Fsp3) is 0.939. The Kier molecular flexibility index (Phi) is 58.3. The second kappa shape index (κ2) is 59.7. The van der Waals surface area contributed by atoms with Gasteiger partial charge in [-0.2, -0.15) is 0 Å². The molecule has 0 aromatic carbocycles. The highest BCUT2D eigenvalue weighted by molar-refractivity contribution is 7.47. The van der Waals surface area contributed by atoms with Crippen LogP contribution in [-0.4, -0.2) is 96.7 Å². The van der Waals surface area contributed by atoms with E-state index in [4.69, 9.17) is 37.0 Å². The molecular weight excluding hydrogens is 1130 g/mol. The fourth-order valence-corrected chi connectivity index (χ4v) is 11.5. The van der Waals surface area contributed by atoms with Crippen molar-refractivity contribution in [3.63, 3.8) is 0 Å². The van der Waals surface area contributed by atoms with Crippen molar-refractivity contribution in [3.05, 3.63) is 0 Å². The molecule has 0 spiro atoms. The molecule has 19 heteroatoms. The number of ether oxygens (including phenoxy) is 4. The molecule has 0 saturated carbocycles. The lowest BCUT2D eigenvalue weighted by Gasteiger charge is -2.21. The minimum Gasteiger partial charge on any atom is -0.462 e. The number of phosphoric ester groups is 2. The van der Waals surface area contributed by atoms with E-state index < -0.39 is 97.5 Å². The predicted molar refractivity (Wildman–Crippen MR) is 340 cm³/mol. The van der Waals surface area contributed by atoms with Gasteiger partial charge in [-0.1, -0.05) is 285 Å². The van der Waals surface area contributed by atoms with Crippen LogP contribution in [0.25, 0.3) is 0 Å². The summed E-state index contributed by atoms with van der Waals surface area (Å²) in [5.41, 5.74) is 0. The lowest BCUT2D eigenvalue weighted by Crippen LogP contribution is -2.30. The van der Waals surface area contributed by atoms with Gasteiger partial charge in [-0.15, -0.1) is 0 Å². The van der Waals surface area contributed by atoms with Gasteiger partial charge in [0.25, 0.3) is 0 Å². The summed E-state index contributed by atoms with van der Waals surface area (Å²) in [6.07, 6.45) is 44.4. The summed E-state index contributed by atoms with van der Waals surface area (Å²) < 4.78 is 68.1. The average Bonchev–Trinajstić information content (AvgIpc) is 3.52. The van der Waals surface area contributed by atoms with Crippen molar-refractivity contribution in [3.8, 4) is 0 Å². The molecular formula is C66H128O17P2. The van der Waals surface area contributed by atoms with Crippen LogP contribution in [-0.2, 0) is 65.4 Å². The van der Waals surface area contributed by atoms with Crippen molar-refractivity contribution in [2.45, 2.75) is 355 Å². The van der Waals surface area contributed by atoms with E-state index in [1.807, 2.05) is 0 Å². The summed E-state index contributed by atoms with van der Waals surface area (Å²) >= 11 is 0. The second-order valence-electron chi connectivity index (χ2n) is 24.3. The Morgan fingerprint density at radius 1 is 0.318 bits per heavy atom. The minimum atomic E-state index is -4.95. The van der Waals surface area contributed by atoms with Crippen LogP contribution in [0.4, 0.5) is 0 Å². The number of unbranched alkanes of at least 4 members (excludes halogenated alkanes) is 38. The van der Waals surface area contributed by atoms with Crippen LogP contribution in [0.5, 0.6) is 0 Å². The molecule has 0 aromatic heterocycles. The van der Waals surface area contributed by atoms with Gasteiger partial charge in [0.15, 0.2) is 12.2 Å². The highest BCUT2D eigenvalue weighted by Crippen LogP contribution is 2.45. The lowest BCUT2D eigenvalue weighted by atomic mass is 10.0. The molecule has 2 unspecified atom stereocenters. The number of carbonyl (C=O) groups is 4. The Hall–Kier alpha value is -1.94. The molecule has 0 aliphatic carbocycles. The van der Waals surface area contributed by atoms with E-state index >= 15 is 0 Å². The van der Waals surface area contributed by atoms with Gasteiger partial charge in [0, 0.05) is 25.7 Å². The molecule has 0 radical (unpaired) electrons. The summed E-state index contributed by atoms with van der Waals surface area (Å²) in [6.45, 7) is 7.13. The topological polar surface area (TPSA) is 237 Å². The van der Waals surface area contributed by atoms with E-state index in [1.165, 1.54) is 154 Å². The zero-order valence-corrected chi connectivity index (χ0v) is 56.5. The molecule has 0 heterocycles. The van der Waals surface area contributed by atoms with Crippen molar-refractivity contribution < 1.29 is 80.2 Å². The third-order valence-electron chi connectivity index (χ3n) is 15.3. The van der Waals surface area contributed by atoms with Gasteiger partial charge >= 0.3 is 39.5 Å². The Labute approximate surface area is 517 Å². The van der Waals surface area contributed by atoms with Crippen LogP contribution in [0.1, 0.15) is 336 Å². The van der Waals surface area contributed by atoms with E-state index in [2.05, 4.69) is 34.6 Å². The van der Waals surface area contributed by atoms with Crippen molar-refractivity contribution in [2.24, 2.45) is 5.92 Å². The molecule has 0 aromatic rings. The quantitative estimate of drug-likeness (QED) is 0.0222. The molecule has 504 valence electrons. The number of aliphatic hydroxyl groups excluding tert-OH is 1. The van der Waals surface area contributed by atoms with Crippen molar-refractivity contribution in [1.29, 1.82) is 0 Å². The Morgan fingerprint density at radius 3 is 0.800 bits per heavy atom. The van der Waals surface area contributed by atoms with Crippen LogP contribution < -0.4 is 0 Å². The van der Waals surface area contributed by atoms with E-state index in [9.17, 15) is 43.2 Å². The first-order chi connectivity index (χ1) is 41.0. The van der Waals surface area contributed by atoms with Gasteiger partial charge in [0.1, 0.15) is 19.3 Å². The molecule has 0 aliphatic rings. The maximum Gasteiger partial charge on any atom is 0.472 e. The number of aliphatic hydroxyl groups is 1. The highest BCUT2D eigenvalue weighted by Gasteiger charge is 2.30. The van der Waals surface area contributed by atoms with E-state index in [-0.39, 0.29) is 25.7 Å². The largest absolute Gasteiger partial charge is 0.472 e. The van der Waals surface area contributed by atoms with Gasteiger partial charge in [-0.25, -0.2) is 9.13 Å². The number of hydrogen-bond donors (Lipinski definition) is 3. The van der Waals surface area contributed by atoms with E-state index in [0.29, 0.717) is 31.6 Å². The molecule has 0 amide bonds. The smallest absolute Gasteiger partial charge is 0.462 e. The minimum absolute atomic E-state index is 0.106. The van der Waals surface area contributed by atoms with Gasteiger partial charge in [-0.05, 0) is 31.6 Å². The molecule has 0 bridgehead atoms. The third kappa shape index (κ3) is 60.7. The summed E-state index contributed by atoms with van der Waals surface area (Å²) in [4.78, 5) is 72.3. The molecule has 0 fully saturated rings. The first-order valence-electron chi connectivity index (χ1n) is 34.6. The van der Waals surface area contributed by atoms with Crippen LogP contribution in [0.2, 0.25) is 0 Å². The molecule has 0 saturated heterocycles. The Bertz CT molecular complexity index is 1650. The van der Waals surface area contributed by atoms with Crippen LogP contribution >= 0.6 is 15.6 Å². The zero-order valence-electron chi connectivity index (χ0n) is 54.7. The van der Waals surface area contributed by atoms with Crippen molar-refractivity contribution >= 4 is 39.5 Å². The monoisotopic (exact) mass is 1250 g/mol. The number of carbonyl (C=O) groups excluding carboxylic acids is 4. The van der Waals surface area contributed by atoms with Gasteiger partial charge in [0.05, 0.1) is 26.4 Å². The zero-order chi connectivity index (χ0) is 62.8. The Balaban J connectivity index is 5.24. The molecule has 5 atom stereocenters. The highest BCUT2D eigenvalue weighted by atomic mass is 31.2. The van der Waals surface area contributed by atoms with Gasteiger partial charge < -0.3 is 33.8 Å². The van der Waals surface area contributed by atoms with E-state index in [1.54, 1.807) is 0 Å². The number of rotatable bonds is 66. The normalized spacial score (nSPS) is 14.2. The number of esters is 4. The SMILES string of the molecule is CCCCCCCCCCCCCCCC(=O)O[C@H](COC(=O)CCCCCCCCCCCCCC)COP(=O)(O)OC[C@@H](O)COP(=O)(O)OC[C@@H](COC(=O)CCCCCCCCC(C)C)OC(=O)CCCCCCCCCCCCC. The first kappa shape index (κ1) is 83.1. The molecule has 3 N–H and O–H groups in total. The summed E-state index contributed by atoms with van der Waals surface area (Å²) in [7, 11) is -9.89. The van der Waals surface area contributed by atoms with Gasteiger partial charge in [-0.3, -0.25) is 37.3 Å². The third-order valence-corrected chi connectivity index (χ3v) is 17.2. The summed E-state index contributed by atoms with van der Waals surface area (Å²) in [5.74, 6) is -1.45. The molecule has 0 aliphatic heterocycles. The second-order valence-corrected chi connectivity index (χ2v) is 27.2. The van der Waals surface area contributed by atoms with Crippen molar-refractivity contribution in [1.82, 2.24) is 0 Å². The predicted octanol–water partition coefficient (Wildman–Crippen LogP) is 18.6. The maximum absolute atomic E-state index is 13.0. The maximum atomic E-state index is 13.0. The molecule has 17 nitrogen and oxygen atoms in total. The van der Waals surface area contributed by atoms with Crippen molar-refractivity contribution in [2.75, 3.05) is 39.6 Å². The summed E-state index contributed by atoms with van der Waals surface area (Å²) in [5, 5.41) is 10.5. The molecule has 0 rings (SSSR count). The van der Waals surface area contributed by atoms with Crippen LogP contribution in [0.15, 0.2) is 0 Å². The Morgan fingerprint density at radius 2 is 0.541 bits per heavy atom. The fourth-order valence-electron chi connectivity index (χ4n) is 9.94. The van der Waals surface area contributed by atoms with Crippen LogP contribution in [0, 0.1) is 5.92 Å². The van der Waals surface area contributed by atoms with Gasteiger partial charge in [0.2, 0.25) is 0 Å². The number of phosphoric acid groups is 2. The van der Waals surface area contributed by atoms with Crippen LogP contribution in [0.3, 0.4) is 0 Å². The van der Waals surface area contributed by atoms with E-state index in [0.717, 1.165) is 96.3 Å². The number of hydrogen-bond acceptors (Lipinski definition) is 15. The average molecular weight is 1260 g/mol. The standard InChI is InChI=1S/C66H128O17P2/c1-6-9-12-15-18-21-24-26-29-32-35-42-47-52-66(71)82-61(55-76-63(68)49-44-39-33-30-28-25-22-19-16-13-10-7-2)57-80-84(72,73)78-53-60(67)54-79-85(74,75)81-58-62(56-77-64(69)50-45-40-37-36-38-43-48-59(4)5)83-65(70)51-46-41-34-31-27-23-20-17-14-11-8-3/h59-62,67H,6-58H2,1-5H3,(H,72,73)(H,74,75)/t60-,61-,62-/m1/s1.